The van der Waals surface area contributed by atoms with E-state index in [9.17, 15) is 0 Å². The average molecular weight is 107 g/mol. The van der Waals surface area contributed by atoms with Crippen LogP contribution < -0.4 is 0 Å². The average Bonchev–Trinajstić information content (AvgIpc) is 1.00. The molecule has 0 aliphatic carbocycles. The van der Waals surface area contributed by atoms with Crippen molar-refractivity contribution < 1.29 is 26.8 Å². The van der Waals surface area contributed by atoms with Gasteiger partial charge in [0.1, 0.15) is 6.79 Å². The van der Waals surface area contributed by atoms with Gasteiger partial charge >= 0.3 is 0 Å². The van der Waals surface area contributed by atoms with Crippen molar-refractivity contribution in [3.8, 4) is 0 Å². The second-order valence-electron chi connectivity index (χ2n) is 0. The van der Waals surface area contributed by atoms with E-state index in [4.69, 9.17) is 4.79 Å². The first-order chi connectivity index (χ1) is 1.00. The molecule has 0 aromatic heterocycles. The van der Waals surface area contributed by atoms with Crippen molar-refractivity contribution in [2.75, 3.05) is 0 Å². The Balaban J connectivity index is -0.00000000500. The molecule has 0 aliphatic heterocycles. The molecule has 0 aromatic carbocycles. The Bertz CT molecular complexity index is 6.00. The van der Waals surface area contributed by atoms with Crippen molar-refractivity contribution in [2.24, 2.45) is 0 Å². The zero-order valence-corrected chi connectivity index (χ0v) is 2.92. The van der Waals surface area contributed by atoms with Gasteiger partial charge in [-0.3, -0.25) is 0 Å². The molecule has 0 amide bonds. The number of hydrogen-bond donors (Lipinski definition) is 0. The van der Waals surface area contributed by atoms with Crippen LogP contribution in [0.2, 0.25) is 0 Å². The topological polar surface area (TPSA) is 48.6 Å². The van der Waals surface area contributed by atoms with E-state index in [1.807, 2.05) is 6.79 Å². The van der Waals surface area contributed by atoms with Crippen molar-refractivity contribution in [1.29, 1.82) is 0 Å². The van der Waals surface area contributed by atoms with Crippen LogP contribution in [0.5, 0.6) is 0 Å². The molecule has 0 heterocycles. The number of rotatable bonds is 0. The van der Waals surface area contributed by atoms with Gasteiger partial charge in [0.05, 0.1) is 0 Å². The Kier molecular flexibility index (Phi) is 7360. The third-order valence-corrected chi connectivity index (χ3v) is 0. The van der Waals surface area contributed by atoms with Gasteiger partial charge in [-0.2, -0.15) is 0 Å². The van der Waals surface area contributed by atoms with Crippen molar-refractivity contribution >= 4 is 6.79 Å². The zero-order chi connectivity index (χ0) is 2.00. The summed E-state index contributed by atoms with van der Waals surface area (Å²) in [5.41, 5.74) is 0. The first kappa shape index (κ1) is 31.9. The Morgan fingerprint density at radius 3 is 1.25 bits per heavy atom. The molecule has 4 heavy (non-hydrogen) atoms. The maximum atomic E-state index is 8.00. The minimum atomic E-state index is 0. The van der Waals surface area contributed by atoms with Crippen molar-refractivity contribution in [1.82, 2.24) is 0 Å². The van der Waals surface area contributed by atoms with Gasteiger partial charge in [0.2, 0.25) is 0 Å². The quantitative estimate of drug-likeness (QED) is 0.365. The normalized spacial score (nSPS) is 1.00. The van der Waals surface area contributed by atoms with E-state index in [1.165, 1.54) is 0 Å². The molecule has 0 saturated carbocycles. The molecular weight excluding hydrogens is 103 g/mol. The molecule has 0 aliphatic rings. The van der Waals surface area contributed by atoms with Crippen LogP contribution in [0.25, 0.3) is 0 Å². The summed E-state index contributed by atoms with van der Waals surface area (Å²) in [7, 11) is 0. The Hall–Kier alpha value is 0.124. The van der Waals surface area contributed by atoms with Gasteiger partial charge in [0.15, 0.2) is 0 Å². The van der Waals surface area contributed by atoms with Crippen molar-refractivity contribution in [3.63, 3.8) is 0 Å². The van der Waals surface area contributed by atoms with Gasteiger partial charge in [-0.25, -0.2) is 0 Å². The first-order valence-electron chi connectivity index (χ1n) is 0.289. The van der Waals surface area contributed by atoms with E-state index in [1.54, 1.807) is 0 Å². The van der Waals surface area contributed by atoms with E-state index in [0.717, 1.165) is 0 Å². The molecule has 0 spiro atoms. The van der Waals surface area contributed by atoms with Crippen LogP contribution in [0.3, 0.4) is 0 Å². The van der Waals surface area contributed by atoms with Crippen LogP contribution >= 0.6 is 0 Å². The molecule has 0 aromatic rings. The van der Waals surface area contributed by atoms with Crippen molar-refractivity contribution in [2.45, 2.75) is 0 Å². The fourth-order valence-electron chi connectivity index (χ4n) is 0. The Morgan fingerprint density at radius 1 is 1.25 bits per heavy atom. The molecule has 0 unspecified atom stereocenters. The van der Waals surface area contributed by atoms with E-state index in [0.29, 0.717) is 0 Å². The molecule has 0 atom stereocenters. The molecule has 0 saturated heterocycles. The summed E-state index contributed by atoms with van der Waals surface area (Å²) in [5.74, 6) is 0. The number of carbonyl (C=O) groups is 1. The predicted octanol–water partition coefficient (Wildman–Crippen LogP) is -1.01. The second-order valence-corrected chi connectivity index (χ2v) is 0. The Labute approximate surface area is 34.4 Å². The summed E-state index contributed by atoms with van der Waals surface area (Å²) in [6.45, 7) is 2.00. The smallest absolute Gasteiger partial charge is 0.106 e. The fraction of sp³-hybridized carbons (Fsp3) is 0. The summed E-state index contributed by atoms with van der Waals surface area (Å²) >= 11 is 0. The minimum absolute atomic E-state index is 0. The molecule has 0 fully saturated rings. The van der Waals surface area contributed by atoms with Crippen LogP contribution in [-0.4, -0.2) is 12.3 Å². The van der Waals surface area contributed by atoms with Gasteiger partial charge in [-0.05, 0) is 0 Å². The summed E-state index contributed by atoms with van der Waals surface area (Å²) in [4.78, 5) is 8.00. The van der Waals surface area contributed by atoms with E-state index in [-0.39, 0.29) is 22.0 Å². The Morgan fingerprint density at radius 2 is 1.25 bits per heavy atom. The third kappa shape index (κ3) is 176. The zero-order valence-electron chi connectivity index (χ0n) is 1.93. The van der Waals surface area contributed by atoms with Crippen LogP contribution in [0.1, 0.15) is 0 Å². The van der Waals surface area contributed by atoms with Gasteiger partial charge < -0.3 is 10.3 Å². The molecule has 2 N–H and O–H groups in total. The van der Waals surface area contributed by atoms with Crippen LogP contribution in [0.15, 0.2) is 0 Å². The first-order valence-corrected chi connectivity index (χ1v) is 0.289. The maximum Gasteiger partial charge on any atom is 0.106 e. The summed E-state index contributed by atoms with van der Waals surface area (Å²) in [5, 5.41) is 0. The van der Waals surface area contributed by atoms with Crippen LogP contribution in [0.4, 0.5) is 0 Å². The molecule has 30 valence electrons. The largest absolute Gasteiger partial charge is 0.412 e. The summed E-state index contributed by atoms with van der Waals surface area (Å²) in [6.07, 6.45) is 0. The molecule has 0 bridgehead atoms. The molecule has 3 heteroatoms. The van der Waals surface area contributed by atoms with Gasteiger partial charge in [0.25, 0.3) is 0 Å². The summed E-state index contributed by atoms with van der Waals surface area (Å²) in [6, 6.07) is 0. The summed E-state index contributed by atoms with van der Waals surface area (Å²) < 4.78 is 0. The monoisotopic (exact) mass is 106 g/mol. The standard InChI is InChI=1S/CH2O.Ni.H2O/c1-2;;/h1H2;;1H2. The molecule has 0 radical (unpaired) electrons. The second kappa shape index (κ2) is 923. The van der Waals surface area contributed by atoms with E-state index in [2.05, 4.69) is 0 Å². The molecule has 0 rings (SSSR count). The van der Waals surface area contributed by atoms with E-state index >= 15 is 0 Å². The predicted molar refractivity (Wildman–Crippen MR) is 10.7 cm³/mol. The third-order valence-electron chi connectivity index (χ3n) is 0. The van der Waals surface area contributed by atoms with Gasteiger partial charge in [-0.15, -0.1) is 0 Å². The van der Waals surface area contributed by atoms with Crippen LogP contribution in [0, 0.1) is 0 Å². The van der Waals surface area contributed by atoms with Gasteiger partial charge in [0, 0.05) is 16.5 Å². The molecule has 2 nitrogen and oxygen atoms in total. The SMILES string of the molecule is C=O.O.[Ni]. The fourth-order valence-corrected chi connectivity index (χ4v) is 0. The minimum Gasteiger partial charge on any atom is -0.412 e. The van der Waals surface area contributed by atoms with Crippen molar-refractivity contribution in [3.05, 3.63) is 0 Å². The number of carbonyl (C=O) groups excluding carboxylic acids is 1. The number of hydrogen-bond acceptors (Lipinski definition) is 1. The molecular formula is CH4NiO2. The van der Waals surface area contributed by atoms with Crippen LogP contribution in [-0.2, 0) is 21.3 Å². The maximum absolute atomic E-state index is 8.00. The van der Waals surface area contributed by atoms with Gasteiger partial charge in [-0.1, -0.05) is 0 Å². The van der Waals surface area contributed by atoms with E-state index < -0.39 is 0 Å².